The quantitative estimate of drug-likeness (QED) is 0.882. The minimum atomic E-state index is 0.589. The molecule has 1 saturated heterocycles. The van der Waals surface area contributed by atoms with Crippen molar-refractivity contribution in [1.29, 1.82) is 0 Å². The lowest BCUT2D eigenvalue weighted by Crippen LogP contribution is -2.58. The molecule has 1 aliphatic heterocycles. The van der Waals surface area contributed by atoms with Gasteiger partial charge in [-0.15, -0.1) is 0 Å². The number of nitrogens with one attached hydrogen (secondary N) is 1. The second-order valence-corrected chi connectivity index (χ2v) is 7.20. The first-order valence-electron chi connectivity index (χ1n) is 8.72. The van der Waals surface area contributed by atoms with Gasteiger partial charge in [-0.25, -0.2) is 0 Å². The molecule has 3 rings (SSSR count). The standard InChI is InChI=1S/C19H30N2/c1-14-9-10-19(15(2)11-14)21-13-18(20-12-16(21)3)17-7-5-4-6-8-17/h9-11,16-18,20H,4-8,12-13H2,1-3H3. The highest BCUT2D eigenvalue weighted by atomic mass is 15.2. The molecule has 0 radical (unpaired) electrons. The average Bonchev–Trinajstić information content (AvgIpc) is 2.49. The fraction of sp³-hybridized carbons (Fsp3) is 0.684. The van der Waals surface area contributed by atoms with Gasteiger partial charge in [-0.05, 0) is 51.2 Å². The molecule has 116 valence electrons. The highest BCUT2D eigenvalue weighted by molar-refractivity contribution is 5.55. The van der Waals surface area contributed by atoms with Gasteiger partial charge in [0, 0.05) is 30.9 Å². The number of anilines is 1. The average molecular weight is 286 g/mol. The van der Waals surface area contributed by atoms with E-state index in [1.165, 1.54) is 55.5 Å². The monoisotopic (exact) mass is 286 g/mol. The van der Waals surface area contributed by atoms with Crippen LogP contribution in [0.2, 0.25) is 0 Å². The van der Waals surface area contributed by atoms with Crippen molar-refractivity contribution in [3.05, 3.63) is 29.3 Å². The normalized spacial score (nSPS) is 27.9. The summed E-state index contributed by atoms with van der Waals surface area (Å²) in [4.78, 5) is 2.64. The Bertz CT molecular complexity index is 476. The molecule has 0 amide bonds. The first-order valence-corrected chi connectivity index (χ1v) is 8.72. The van der Waals surface area contributed by atoms with E-state index in [1.807, 2.05) is 0 Å². The number of aryl methyl sites for hydroxylation is 2. The lowest BCUT2D eigenvalue weighted by atomic mass is 9.82. The molecular weight excluding hydrogens is 256 g/mol. The maximum absolute atomic E-state index is 3.83. The Kier molecular flexibility index (Phi) is 4.54. The van der Waals surface area contributed by atoms with Crippen molar-refractivity contribution in [2.75, 3.05) is 18.0 Å². The fourth-order valence-corrected chi connectivity index (χ4v) is 4.20. The topological polar surface area (TPSA) is 15.3 Å². The van der Waals surface area contributed by atoms with Gasteiger partial charge in [-0.1, -0.05) is 37.0 Å². The molecule has 1 aliphatic carbocycles. The molecule has 2 atom stereocenters. The predicted octanol–water partition coefficient (Wildman–Crippen LogP) is 4.05. The van der Waals surface area contributed by atoms with Gasteiger partial charge in [0.2, 0.25) is 0 Å². The van der Waals surface area contributed by atoms with E-state index in [0.717, 1.165) is 12.5 Å². The summed E-state index contributed by atoms with van der Waals surface area (Å²) in [5.74, 6) is 0.888. The highest BCUT2D eigenvalue weighted by Crippen LogP contribution is 2.31. The van der Waals surface area contributed by atoms with Crippen molar-refractivity contribution < 1.29 is 0 Å². The largest absolute Gasteiger partial charge is 0.366 e. The van der Waals surface area contributed by atoms with Crippen LogP contribution in [0.15, 0.2) is 18.2 Å². The molecule has 1 aromatic rings. The molecule has 0 bridgehead atoms. The van der Waals surface area contributed by atoms with Crippen LogP contribution >= 0.6 is 0 Å². The van der Waals surface area contributed by atoms with Crippen LogP contribution in [0.3, 0.4) is 0 Å². The number of piperazine rings is 1. The Balaban J connectivity index is 1.76. The summed E-state index contributed by atoms with van der Waals surface area (Å²) in [5.41, 5.74) is 4.23. The predicted molar refractivity (Wildman–Crippen MR) is 91.1 cm³/mol. The summed E-state index contributed by atoms with van der Waals surface area (Å²) in [7, 11) is 0. The van der Waals surface area contributed by atoms with E-state index in [0.29, 0.717) is 12.1 Å². The van der Waals surface area contributed by atoms with Gasteiger partial charge in [0.1, 0.15) is 0 Å². The zero-order valence-corrected chi connectivity index (χ0v) is 13.9. The lowest BCUT2D eigenvalue weighted by Gasteiger charge is -2.44. The molecule has 1 heterocycles. The Morgan fingerprint density at radius 2 is 1.86 bits per heavy atom. The third-order valence-corrected chi connectivity index (χ3v) is 5.48. The SMILES string of the molecule is Cc1ccc(N2CC(C3CCCCC3)NCC2C)c(C)c1. The number of hydrogen-bond acceptors (Lipinski definition) is 2. The van der Waals surface area contributed by atoms with Gasteiger partial charge in [-0.3, -0.25) is 0 Å². The Labute approximate surface area is 129 Å². The van der Waals surface area contributed by atoms with Gasteiger partial charge in [0.05, 0.1) is 0 Å². The van der Waals surface area contributed by atoms with E-state index in [2.05, 4.69) is 49.2 Å². The Morgan fingerprint density at radius 1 is 1.10 bits per heavy atom. The van der Waals surface area contributed by atoms with Crippen LogP contribution in [0.1, 0.15) is 50.2 Å². The van der Waals surface area contributed by atoms with Gasteiger partial charge in [0.15, 0.2) is 0 Å². The molecule has 2 nitrogen and oxygen atoms in total. The number of hydrogen-bond donors (Lipinski definition) is 1. The third-order valence-electron chi connectivity index (χ3n) is 5.48. The van der Waals surface area contributed by atoms with Crippen molar-refractivity contribution in [2.45, 2.75) is 65.0 Å². The van der Waals surface area contributed by atoms with Crippen LogP contribution in [0, 0.1) is 19.8 Å². The molecule has 2 fully saturated rings. The summed E-state index contributed by atoms with van der Waals surface area (Å²) >= 11 is 0. The Hall–Kier alpha value is -1.02. The van der Waals surface area contributed by atoms with Crippen molar-refractivity contribution in [3.63, 3.8) is 0 Å². The van der Waals surface area contributed by atoms with Gasteiger partial charge in [0.25, 0.3) is 0 Å². The molecule has 1 aromatic carbocycles. The molecule has 1 N–H and O–H groups in total. The Morgan fingerprint density at radius 3 is 2.57 bits per heavy atom. The molecular formula is C19H30N2. The fourth-order valence-electron chi connectivity index (χ4n) is 4.20. The smallest absolute Gasteiger partial charge is 0.0399 e. The van der Waals surface area contributed by atoms with Crippen LogP contribution in [0.5, 0.6) is 0 Å². The number of benzene rings is 1. The first kappa shape index (κ1) is 14.9. The minimum absolute atomic E-state index is 0.589. The van der Waals surface area contributed by atoms with Crippen LogP contribution in [-0.2, 0) is 0 Å². The number of nitrogens with zero attached hydrogens (tertiary/aromatic N) is 1. The zero-order valence-electron chi connectivity index (χ0n) is 13.9. The maximum Gasteiger partial charge on any atom is 0.0399 e. The zero-order chi connectivity index (χ0) is 14.8. The molecule has 1 saturated carbocycles. The molecule has 2 heteroatoms. The van der Waals surface area contributed by atoms with Crippen molar-refractivity contribution in [2.24, 2.45) is 5.92 Å². The molecule has 2 unspecified atom stereocenters. The van der Waals surface area contributed by atoms with Crippen LogP contribution in [0.4, 0.5) is 5.69 Å². The van der Waals surface area contributed by atoms with Crippen molar-refractivity contribution in [3.8, 4) is 0 Å². The third kappa shape index (κ3) is 3.26. The number of rotatable bonds is 2. The lowest BCUT2D eigenvalue weighted by molar-refractivity contribution is 0.245. The van der Waals surface area contributed by atoms with Crippen molar-refractivity contribution >= 4 is 5.69 Å². The first-order chi connectivity index (χ1) is 10.1. The summed E-state index contributed by atoms with van der Waals surface area (Å²) in [5, 5.41) is 3.83. The molecule has 0 spiro atoms. The van der Waals surface area contributed by atoms with Crippen LogP contribution < -0.4 is 10.2 Å². The van der Waals surface area contributed by atoms with E-state index in [-0.39, 0.29) is 0 Å². The van der Waals surface area contributed by atoms with Crippen LogP contribution in [-0.4, -0.2) is 25.2 Å². The van der Waals surface area contributed by atoms with Crippen molar-refractivity contribution in [1.82, 2.24) is 5.32 Å². The maximum atomic E-state index is 3.83. The second kappa shape index (κ2) is 6.39. The molecule has 2 aliphatic rings. The van der Waals surface area contributed by atoms with Crippen LogP contribution in [0.25, 0.3) is 0 Å². The summed E-state index contributed by atoms with van der Waals surface area (Å²) in [6, 6.07) is 8.17. The van der Waals surface area contributed by atoms with E-state index < -0.39 is 0 Å². The minimum Gasteiger partial charge on any atom is -0.366 e. The van der Waals surface area contributed by atoms with E-state index >= 15 is 0 Å². The molecule has 21 heavy (non-hydrogen) atoms. The van der Waals surface area contributed by atoms with Gasteiger partial charge in [-0.2, -0.15) is 0 Å². The highest BCUT2D eigenvalue weighted by Gasteiger charge is 2.31. The summed E-state index contributed by atoms with van der Waals surface area (Å²) < 4.78 is 0. The summed E-state index contributed by atoms with van der Waals surface area (Å²) in [6.07, 6.45) is 7.16. The van der Waals surface area contributed by atoms with Gasteiger partial charge < -0.3 is 10.2 Å². The van der Waals surface area contributed by atoms with E-state index in [1.54, 1.807) is 0 Å². The van der Waals surface area contributed by atoms with E-state index in [4.69, 9.17) is 0 Å². The van der Waals surface area contributed by atoms with E-state index in [9.17, 15) is 0 Å². The van der Waals surface area contributed by atoms with Gasteiger partial charge >= 0.3 is 0 Å². The second-order valence-electron chi connectivity index (χ2n) is 7.20. The summed E-state index contributed by atoms with van der Waals surface area (Å²) in [6.45, 7) is 9.09. The molecule has 0 aromatic heterocycles.